The Kier molecular flexibility index (Phi) is 4.29. The highest BCUT2D eigenvalue weighted by molar-refractivity contribution is 5.83. The quantitative estimate of drug-likeness (QED) is 0.736. The van der Waals surface area contributed by atoms with E-state index in [1.54, 1.807) is 4.90 Å². The van der Waals surface area contributed by atoms with Crippen LogP contribution in [0.1, 0.15) is 32.6 Å². The van der Waals surface area contributed by atoms with Crippen LogP contribution in [-0.4, -0.2) is 63.8 Å². The van der Waals surface area contributed by atoms with Gasteiger partial charge in [0.05, 0.1) is 6.10 Å². The molecule has 6 heteroatoms. The molecule has 0 saturated carbocycles. The van der Waals surface area contributed by atoms with Gasteiger partial charge in [-0.25, -0.2) is 9.59 Å². The molecule has 0 spiro atoms. The number of β-amino-alcohol motifs (C(OH)–C–C–N with tert-alkyl or cyclic N) is 1. The molecule has 0 aromatic heterocycles. The van der Waals surface area contributed by atoms with E-state index >= 15 is 0 Å². The van der Waals surface area contributed by atoms with Crippen molar-refractivity contribution in [1.29, 1.82) is 0 Å². The number of aliphatic carboxylic acids is 1. The van der Waals surface area contributed by atoms with Crippen molar-refractivity contribution in [3.8, 4) is 0 Å². The standard InChI is InChI=1S/C13H22N2O4/c1-9-3-2-5-14(6-4-9)13(19)15-8-10(16)7-11(15)12(17)18/h9-11,16H,2-8H2,1H3,(H,17,18)/t9?,10-,11-/m1/s1. The van der Waals surface area contributed by atoms with E-state index in [-0.39, 0.29) is 19.0 Å². The number of likely N-dealkylation sites (tertiary alicyclic amines) is 2. The predicted molar refractivity (Wildman–Crippen MR) is 68.7 cm³/mol. The smallest absolute Gasteiger partial charge is 0.326 e. The molecule has 0 aromatic rings. The van der Waals surface area contributed by atoms with Gasteiger partial charge in [-0.15, -0.1) is 0 Å². The normalized spacial score (nSPS) is 32.2. The minimum absolute atomic E-state index is 0.127. The van der Waals surface area contributed by atoms with Crippen LogP contribution in [0, 0.1) is 5.92 Å². The fourth-order valence-corrected chi connectivity index (χ4v) is 2.90. The molecular formula is C13H22N2O4. The van der Waals surface area contributed by atoms with Gasteiger partial charge in [0.15, 0.2) is 0 Å². The molecule has 2 saturated heterocycles. The zero-order chi connectivity index (χ0) is 14.0. The van der Waals surface area contributed by atoms with Crippen molar-refractivity contribution in [2.24, 2.45) is 5.92 Å². The lowest BCUT2D eigenvalue weighted by Crippen LogP contribution is -2.48. The Hall–Kier alpha value is -1.30. The molecule has 2 heterocycles. The summed E-state index contributed by atoms with van der Waals surface area (Å²) in [6.45, 7) is 3.66. The molecular weight excluding hydrogens is 248 g/mol. The van der Waals surface area contributed by atoms with Crippen LogP contribution in [0.15, 0.2) is 0 Å². The fourth-order valence-electron chi connectivity index (χ4n) is 2.90. The van der Waals surface area contributed by atoms with E-state index in [9.17, 15) is 14.7 Å². The van der Waals surface area contributed by atoms with Crippen LogP contribution in [0.25, 0.3) is 0 Å². The largest absolute Gasteiger partial charge is 0.480 e. The molecule has 0 aliphatic carbocycles. The fraction of sp³-hybridized carbons (Fsp3) is 0.846. The van der Waals surface area contributed by atoms with E-state index < -0.39 is 18.1 Å². The first-order valence-electron chi connectivity index (χ1n) is 6.95. The third-order valence-corrected chi connectivity index (χ3v) is 4.10. The Bertz CT molecular complexity index is 361. The topological polar surface area (TPSA) is 81.1 Å². The van der Waals surface area contributed by atoms with Crippen molar-refractivity contribution in [3.05, 3.63) is 0 Å². The van der Waals surface area contributed by atoms with E-state index in [0.717, 1.165) is 19.3 Å². The van der Waals surface area contributed by atoms with Crippen LogP contribution in [0.2, 0.25) is 0 Å². The summed E-state index contributed by atoms with van der Waals surface area (Å²) >= 11 is 0. The van der Waals surface area contributed by atoms with Gasteiger partial charge in [-0.3, -0.25) is 0 Å². The summed E-state index contributed by atoms with van der Waals surface area (Å²) in [6, 6.07) is -1.12. The van der Waals surface area contributed by atoms with Crippen LogP contribution in [-0.2, 0) is 4.79 Å². The van der Waals surface area contributed by atoms with Gasteiger partial charge in [0.1, 0.15) is 6.04 Å². The van der Waals surface area contributed by atoms with E-state index in [0.29, 0.717) is 19.0 Å². The number of aliphatic hydroxyl groups is 1. The number of nitrogens with zero attached hydrogens (tertiary/aromatic N) is 2. The molecule has 2 fully saturated rings. The van der Waals surface area contributed by atoms with Gasteiger partial charge >= 0.3 is 12.0 Å². The average Bonchev–Trinajstić information content (AvgIpc) is 2.61. The third-order valence-electron chi connectivity index (χ3n) is 4.10. The third kappa shape index (κ3) is 3.18. The number of aliphatic hydroxyl groups excluding tert-OH is 1. The Labute approximate surface area is 113 Å². The van der Waals surface area contributed by atoms with Gasteiger partial charge in [0, 0.05) is 26.1 Å². The highest BCUT2D eigenvalue weighted by atomic mass is 16.4. The second-order valence-corrected chi connectivity index (χ2v) is 5.70. The van der Waals surface area contributed by atoms with Crippen LogP contribution < -0.4 is 0 Å². The van der Waals surface area contributed by atoms with Crippen molar-refractivity contribution in [3.63, 3.8) is 0 Å². The molecule has 0 radical (unpaired) electrons. The van der Waals surface area contributed by atoms with Crippen LogP contribution in [0.3, 0.4) is 0 Å². The summed E-state index contributed by atoms with van der Waals surface area (Å²) in [5, 5.41) is 18.7. The van der Waals surface area contributed by atoms with E-state index in [2.05, 4.69) is 6.92 Å². The molecule has 2 amide bonds. The van der Waals surface area contributed by atoms with Crippen LogP contribution >= 0.6 is 0 Å². The van der Waals surface area contributed by atoms with Gasteiger partial charge in [0.2, 0.25) is 0 Å². The van der Waals surface area contributed by atoms with Crippen LogP contribution in [0.4, 0.5) is 4.79 Å². The number of carboxylic acid groups (broad SMARTS) is 1. The minimum atomic E-state index is -1.03. The molecule has 2 aliphatic rings. The number of carbonyl (C=O) groups excluding carboxylic acids is 1. The Morgan fingerprint density at radius 1 is 1.21 bits per heavy atom. The first-order valence-corrected chi connectivity index (χ1v) is 6.95. The SMILES string of the molecule is CC1CCCN(C(=O)N2C[C@H](O)C[C@@H]2C(=O)O)CC1. The molecule has 108 valence electrons. The van der Waals surface area contributed by atoms with E-state index in [1.807, 2.05) is 0 Å². The van der Waals surface area contributed by atoms with Gasteiger partial charge in [-0.2, -0.15) is 0 Å². The van der Waals surface area contributed by atoms with Gasteiger partial charge in [-0.1, -0.05) is 6.92 Å². The van der Waals surface area contributed by atoms with Gasteiger partial charge < -0.3 is 20.0 Å². The Morgan fingerprint density at radius 2 is 1.95 bits per heavy atom. The summed E-state index contributed by atoms with van der Waals surface area (Å²) < 4.78 is 0. The number of carbonyl (C=O) groups is 2. The van der Waals surface area contributed by atoms with Crippen LogP contribution in [0.5, 0.6) is 0 Å². The number of hydrogen-bond donors (Lipinski definition) is 2. The second kappa shape index (κ2) is 5.77. The molecule has 2 N–H and O–H groups in total. The molecule has 19 heavy (non-hydrogen) atoms. The summed E-state index contributed by atoms with van der Waals surface area (Å²) in [4.78, 5) is 26.6. The van der Waals surface area contributed by atoms with Crippen molar-refractivity contribution in [1.82, 2.24) is 9.80 Å². The van der Waals surface area contributed by atoms with Crippen molar-refractivity contribution >= 4 is 12.0 Å². The zero-order valence-corrected chi connectivity index (χ0v) is 11.3. The second-order valence-electron chi connectivity index (χ2n) is 5.70. The number of carboxylic acids is 1. The lowest BCUT2D eigenvalue weighted by Gasteiger charge is -2.29. The molecule has 0 aromatic carbocycles. The minimum Gasteiger partial charge on any atom is -0.480 e. The monoisotopic (exact) mass is 270 g/mol. The number of urea groups is 1. The molecule has 1 unspecified atom stereocenters. The number of amides is 2. The van der Waals surface area contributed by atoms with Crippen molar-refractivity contribution in [2.75, 3.05) is 19.6 Å². The zero-order valence-electron chi connectivity index (χ0n) is 11.3. The maximum Gasteiger partial charge on any atom is 0.326 e. The lowest BCUT2D eigenvalue weighted by atomic mass is 10.0. The van der Waals surface area contributed by atoms with Gasteiger partial charge in [-0.05, 0) is 25.2 Å². The summed E-state index contributed by atoms with van der Waals surface area (Å²) in [6.07, 6.45) is 2.43. The Morgan fingerprint density at radius 3 is 2.63 bits per heavy atom. The summed E-state index contributed by atoms with van der Waals surface area (Å²) in [5.74, 6) is -0.426. The summed E-state index contributed by atoms with van der Waals surface area (Å²) in [5.41, 5.74) is 0. The van der Waals surface area contributed by atoms with Crippen molar-refractivity contribution in [2.45, 2.75) is 44.8 Å². The first-order chi connectivity index (χ1) is 8.99. The van der Waals surface area contributed by atoms with E-state index in [1.165, 1.54) is 4.90 Å². The van der Waals surface area contributed by atoms with E-state index in [4.69, 9.17) is 5.11 Å². The molecule has 2 aliphatic heterocycles. The number of hydrogen-bond acceptors (Lipinski definition) is 3. The maximum atomic E-state index is 12.4. The highest BCUT2D eigenvalue weighted by Gasteiger charge is 2.40. The first kappa shape index (κ1) is 14.1. The van der Waals surface area contributed by atoms with Gasteiger partial charge in [0.25, 0.3) is 0 Å². The molecule has 2 rings (SSSR count). The summed E-state index contributed by atoms with van der Waals surface area (Å²) in [7, 11) is 0. The highest BCUT2D eigenvalue weighted by Crippen LogP contribution is 2.23. The Balaban J connectivity index is 2.03. The number of rotatable bonds is 1. The predicted octanol–water partition coefficient (Wildman–Crippen LogP) is 0.748. The molecule has 6 nitrogen and oxygen atoms in total. The average molecular weight is 270 g/mol. The van der Waals surface area contributed by atoms with Crippen molar-refractivity contribution < 1.29 is 19.8 Å². The molecule has 3 atom stereocenters. The maximum absolute atomic E-state index is 12.4. The lowest BCUT2D eigenvalue weighted by molar-refractivity contribution is -0.141. The molecule has 0 bridgehead atoms.